The molecule has 0 spiro atoms. The summed E-state index contributed by atoms with van der Waals surface area (Å²) in [7, 11) is 0. The molecule has 1 saturated heterocycles. The molecule has 1 aliphatic heterocycles. The van der Waals surface area contributed by atoms with E-state index in [1.807, 2.05) is 39.3 Å². The van der Waals surface area contributed by atoms with E-state index in [2.05, 4.69) is 32.4 Å². The Morgan fingerprint density at radius 2 is 2.07 bits per heavy atom. The van der Waals surface area contributed by atoms with Gasteiger partial charge in [0, 0.05) is 12.0 Å². The van der Waals surface area contributed by atoms with E-state index < -0.39 is 5.60 Å². The third-order valence-corrected chi connectivity index (χ3v) is 5.36. The zero-order valence-electron chi connectivity index (χ0n) is 14.6. The summed E-state index contributed by atoms with van der Waals surface area (Å²) in [5, 5.41) is 18.5. The van der Waals surface area contributed by atoms with Crippen LogP contribution in [0.25, 0.3) is 28.1 Å². The van der Waals surface area contributed by atoms with E-state index in [4.69, 9.17) is 4.74 Å². The number of rotatable bonds is 2. The van der Waals surface area contributed by atoms with Crippen molar-refractivity contribution >= 4 is 22.2 Å². The van der Waals surface area contributed by atoms with Crippen molar-refractivity contribution in [3.05, 3.63) is 48.7 Å². The zero-order valence-corrected chi connectivity index (χ0v) is 14.6. The number of hydrogen-bond donors (Lipinski definition) is 0. The number of para-hydroxylation sites is 1. The van der Waals surface area contributed by atoms with Gasteiger partial charge in [0.15, 0.2) is 5.65 Å². The number of fused-ring (bicyclic) bond motifs is 6. The lowest BCUT2D eigenvalue weighted by molar-refractivity contribution is 0.0131. The molecule has 1 aromatic carbocycles. The molecular weight excluding hydrogens is 344 g/mol. The van der Waals surface area contributed by atoms with Crippen molar-refractivity contribution in [3.63, 3.8) is 0 Å². The Labute approximate surface area is 153 Å². The van der Waals surface area contributed by atoms with Crippen LogP contribution < -0.4 is 0 Å². The lowest BCUT2D eigenvalue weighted by Crippen LogP contribution is -2.20. The topological polar surface area (TPSA) is 87.4 Å². The molecule has 9 nitrogen and oxygen atoms in total. The fourth-order valence-electron chi connectivity index (χ4n) is 3.91. The summed E-state index contributed by atoms with van der Waals surface area (Å²) in [6.45, 7) is 2.80. The number of aromatic nitrogens is 8. The largest absolute Gasteiger partial charge is 0.369 e. The summed E-state index contributed by atoms with van der Waals surface area (Å²) in [4.78, 5) is 4.32. The van der Waals surface area contributed by atoms with Gasteiger partial charge in [-0.2, -0.15) is 4.68 Å². The highest BCUT2D eigenvalue weighted by Crippen LogP contribution is 2.34. The van der Waals surface area contributed by atoms with Gasteiger partial charge in [-0.1, -0.05) is 17.3 Å². The van der Waals surface area contributed by atoms with Crippen LogP contribution in [-0.4, -0.2) is 45.6 Å². The number of hydrogen-bond acceptors (Lipinski definition) is 6. The Bertz CT molecular complexity index is 1310. The van der Waals surface area contributed by atoms with Gasteiger partial charge in [0.25, 0.3) is 5.95 Å². The first-order valence-corrected chi connectivity index (χ1v) is 8.90. The van der Waals surface area contributed by atoms with Crippen LogP contribution in [0.2, 0.25) is 0 Å². The molecule has 9 heteroatoms. The van der Waals surface area contributed by atoms with Gasteiger partial charge < -0.3 is 4.74 Å². The van der Waals surface area contributed by atoms with Crippen LogP contribution in [0.1, 0.15) is 25.5 Å². The number of ether oxygens (including phenoxy) is 1. The second-order valence-corrected chi connectivity index (χ2v) is 7.03. The van der Waals surface area contributed by atoms with Gasteiger partial charge in [0.1, 0.15) is 23.3 Å². The van der Waals surface area contributed by atoms with Crippen molar-refractivity contribution in [1.82, 2.24) is 39.0 Å². The molecule has 134 valence electrons. The average molecular weight is 360 g/mol. The quantitative estimate of drug-likeness (QED) is 0.479. The van der Waals surface area contributed by atoms with Gasteiger partial charge in [-0.15, -0.1) is 15.3 Å². The fraction of sp³-hybridized carbons (Fsp3) is 0.278. The third-order valence-electron chi connectivity index (χ3n) is 5.36. The Morgan fingerprint density at radius 3 is 2.96 bits per heavy atom. The lowest BCUT2D eigenvalue weighted by atomic mass is 10.00. The van der Waals surface area contributed by atoms with Crippen LogP contribution in [0.3, 0.4) is 0 Å². The first-order valence-electron chi connectivity index (χ1n) is 8.90. The van der Waals surface area contributed by atoms with E-state index in [-0.39, 0.29) is 0 Å². The maximum absolute atomic E-state index is 5.89. The van der Waals surface area contributed by atoms with E-state index in [1.54, 1.807) is 17.2 Å². The van der Waals surface area contributed by atoms with E-state index in [0.29, 0.717) is 5.95 Å². The summed E-state index contributed by atoms with van der Waals surface area (Å²) >= 11 is 0. The van der Waals surface area contributed by atoms with Gasteiger partial charge in [0.05, 0.1) is 17.9 Å². The average Bonchev–Trinajstić information content (AvgIpc) is 3.45. The van der Waals surface area contributed by atoms with Gasteiger partial charge >= 0.3 is 0 Å². The summed E-state index contributed by atoms with van der Waals surface area (Å²) in [6, 6.07) is 8.07. The molecule has 4 aromatic heterocycles. The SMILES string of the molecule is CC1(c2cn(-c3nnc4c5ccccc5n5cncc5n34)nn2)CCCO1. The molecule has 0 radical (unpaired) electrons. The highest BCUT2D eigenvalue weighted by molar-refractivity contribution is 5.94. The first kappa shape index (κ1) is 14.8. The van der Waals surface area contributed by atoms with Crippen molar-refractivity contribution in [1.29, 1.82) is 0 Å². The zero-order chi connectivity index (χ0) is 18.0. The summed E-state index contributed by atoms with van der Waals surface area (Å²) in [6.07, 6.45) is 7.43. The van der Waals surface area contributed by atoms with Crippen molar-refractivity contribution in [2.75, 3.05) is 6.61 Å². The van der Waals surface area contributed by atoms with Gasteiger partial charge in [-0.25, -0.2) is 9.38 Å². The normalized spacial score (nSPS) is 20.3. The molecule has 0 saturated carbocycles. The molecular formula is C18H16N8O. The highest BCUT2D eigenvalue weighted by atomic mass is 16.5. The van der Waals surface area contributed by atoms with Crippen LogP contribution in [-0.2, 0) is 10.3 Å². The van der Waals surface area contributed by atoms with Crippen LogP contribution >= 0.6 is 0 Å². The molecule has 1 aliphatic rings. The molecule has 6 rings (SSSR count). The second kappa shape index (κ2) is 5.10. The van der Waals surface area contributed by atoms with Crippen molar-refractivity contribution in [3.8, 4) is 5.95 Å². The maximum atomic E-state index is 5.89. The minimum Gasteiger partial charge on any atom is -0.369 e. The predicted molar refractivity (Wildman–Crippen MR) is 96.7 cm³/mol. The first-order chi connectivity index (χ1) is 13.2. The highest BCUT2D eigenvalue weighted by Gasteiger charge is 2.35. The molecule has 1 fully saturated rings. The smallest absolute Gasteiger partial charge is 0.259 e. The number of benzene rings is 1. The Hall–Kier alpha value is -3.33. The van der Waals surface area contributed by atoms with Crippen molar-refractivity contribution in [2.24, 2.45) is 0 Å². The Morgan fingerprint density at radius 1 is 1.15 bits per heavy atom. The van der Waals surface area contributed by atoms with Crippen molar-refractivity contribution in [2.45, 2.75) is 25.4 Å². The molecule has 0 bridgehead atoms. The van der Waals surface area contributed by atoms with Gasteiger partial charge in [-0.05, 0) is 31.9 Å². The number of nitrogens with zero attached hydrogens (tertiary/aromatic N) is 8. The number of imidazole rings is 1. The molecule has 5 aromatic rings. The summed E-state index contributed by atoms with van der Waals surface area (Å²) in [5.74, 6) is 0.571. The van der Waals surface area contributed by atoms with Gasteiger partial charge in [-0.3, -0.25) is 4.40 Å². The third kappa shape index (κ3) is 1.94. The summed E-state index contributed by atoms with van der Waals surface area (Å²) in [5.41, 5.74) is 3.07. The van der Waals surface area contributed by atoms with E-state index >= 15 is 0 Å². The Balaban J connectivity index is 1.63. The molecule has 0 aliphatic carbocycles. The van der Waals surface area contributed by atoms with Crippen LogP contribution in [0.15, 0.2) is 43.0 Å². The molecule has 27 heavy (non-hydrogen) atoms. The molecule has 5 heterocycles. The van der Waals surface area contributed by atoms with E-state index in [9.17, 15) is 0 Å². The maximum Gasteiger partial charge on any atom is 0.259 e. The standard InChI is InChI=1S/C18H16N8O/c1-18(7-4-8-27-18)14-10-25(23-20-14)17-22-21-16-12-5-2-3-6-13(12)24-11-19-9-15(24)26(16)17/h2-3,5-6,9-11H,4,7-8H2,1H3. The molecule has 0 N–H and O–H groups in total. The second-order valence-electron chi connectivity index (χ2n) is 7.03. The monoisotopic (exact) mass is 360 g/mol. The minimum atomic E-state index is -0.391. The van der Waals surface area contributed by atoms with E-state index in [0.717, 1.165) is 47.3 Å². The van der Waals surface area contributed by atoms with Crippen LogP contribution in [0.4, 0.5) is 0 Å². The van der Waals surface area contributed by atoms with Gasteiger partial charge in [0.2, 0.25) is 0 Å². The van der Waals surface area contributed by atoms with Crippen molar-refractivity contribution < 1.29 is 4.74 Å². The molecule has 1 atom stereocenters. The summed E-state index contributed by atoms with van der Waals surface area (Å²) < 4.78 is 11.5. The lowest BCUT2D eigenvalue weighted by Gasteiger charge is -2.19. The molecule has 1 unspecified atom stereocenters. The Kier molecular flexibility index (Phi) is 2.80. The minimum absolute atomic E-state index is 0.391. The van der Waals surface area contributed by atoms with Crippen LogP contribution in [0, 0.1) is 0 Å². The van der Waals surface area contributed by atoms with Crippen LogP contribution in [0.5, 0.6) is 0 Å². The van der Waals surface area contributed by atoms with E-state index in [1.165, 1.54) is 0 Å². The fourth-order valence-corrected chi connectivity index (χ4v) is 3.91. The predicted octanol–water partition coefficient (Wildman–Crippen LogP) is 2.14. The molecule has 0 amide bonds.